The molecule has 0 fully saturated rings. The van der Waals surface area contributed by atoms with E-state index in [4.69, 9.17) is 10.8 Å². The number of nitrogens with one attached hydrogen (secondary N) is 1. The quantitative estimate of drug-likeness (QED) is 0.665. The van der Waals surface area contributed by atoms with E-state index in [2.05, 4.69) is 24.4 Å². The summed E-state index contributed by atoms with van der Waals surface area (Å²) in [5.74, 6) is -0.623. The number of hydrogen-bond acceptors (Lipinski definition) is 3. The molecule has 1 aromatic carbocycles. The van der Waals surface area contributed by atoms with Crippen molar-refractivity contribution in [2.45, 2.75) is 18.9 Å². The maximum Gasteiger partial charge on any atom is 0.321 e. The fourth-order valence-corrected chi connectivity index (χ4v) is 1.44. The zero-order valence-corrected chi connectivity index (χ0v) is 9.39. The Morgan fingerprint density at radius 2 is 2.00 bits per heavy atom. The van der Waals surface area contributed by atoms with E-state index in [9.17, 15) is 4.79 Å². The van der Waals surface area contributed by atoms with E-state index in [1.165, 1.54) is 5.56 Å². The van der Waals surface area contributed by atoms with Crippen molar-refractivity contribution in [1.82, 2.24) is 5.32 Å². The summed E-state index contributed by atoms with van der Waals surface area (Å²) in [6.45, 7) is 3.12. The molecule has 2 unspecified atom stereocenters. The predicted molar refractivity (Wildman–Crippen MR) is 63.3 cm³/mol. The van der Waals surface area contributed by atoms with Crippen molar-refractivity contribution in [1.29, 1.82) is 0 Å². The smallest absolute Gasteiger partial charge is 0.321 e. The van der Waals surface area contributed by atoms with Crippen molar-refractivity contribution in [3.05, 3.63) is 35.9 Å². The molecule has 4 heteroatoms. The molecule has 4 nitrogen and oxygen atoms in total. The van der Waals surface area contributed by atoms with Gasteiger partial charge in [0.2, 0.25) is 0 Å². The van der Waals surface area contributed by atoms with Crippen molar-refractivity contribution < 1.29 is 9.90 Å². The molecule has 16 heavy (non-hydrogen) atoms. The minimum absolute atomic E-state index is 0.298. The molecule has 0 aliphatic heterocycles. The Kier molecular flexibility index (Phi) is 4.95. The number of aliphatic carboxylic acids is 1. The Morgan fingerprint density at radius 1 is 1.38 bits per heavy atom. The summed E-state index contributed by atoms with van der Waals surface area (Å²) in [5.41, 5.74) is 6.61. The van der Waals surface area contributed by atoms with Crippen LogP contribution >= 0.6 is 0 Å². The van der Waals surface area contributed by atoms with Gasteiger partial charge in [-0.1, -0.05) is 37.3 Å². The molecule has 1 rings (SSSR count). The van der Waals surface area contributed by atoms with Crippen LogP contribution in [0.3, 0.4) is 0 Å². The number of carbonyl (C=O) groups is 1. The molecule has 2 atom stereocenters. The van der Waals surface area contributed by atoms with Crippen LogP contribution in [0.25, 0.3) is 0 Å². The minimum atomic E-state index is -0.972. The van der Waals surface area contributed by atoms with Gasteiger partial charge in [-0.25, -0.2) is 0 Å². The van der Waals surface area contributed by atoms with Crippen LogP contribution in [0.2, 0.25) is 0 Å². The Hall–Kier alpha value is -1.39. The number of carboxylic acids is 1. The maximum atomic E-state index is 10.5. The van der Waals surface area contributed by atoms with Crippen molar-refractivity contribution in [3.8, 4) is 0 Å². The highest BCUT2D eigenvalue weighted by Gasteiger charge is 2.11. The first-order valence-corrected chi connectivity index (χ1v) is 5.35. The van der Waals surface area contributed by atoms with Crippen molar-refractivity contribution in [3.63, 3.8) is 0 Å². The lowest BCUT2D eigenvalue weighted by atomic mass is 10.0. The average Bonchev–Trinajstić information content (AvgIpc) is 2.29. The van der Waals surface area contributed by atoms with E-state index in [0.29, 0.717) is 12.5 Å². The highest BCUT2D eigenvalue weighted by molar-refractivity contribution is 5.73. The van der Waals surface area contributed by atoms with E-state index in [1.54, 1.807) is 0 Å². The van der Waals surface area contributed by atoms with Gasteiger partial charge in [0.05, 0.1) is 0 Å². The zero-order chi connectivity index (χ0) is 12.0. The van der Waals surface area contributed by atoms with Gasteiger partial charge in [-0.05, 0) is 11.5 Å². The van der Waals surface area contributed by atoms with E-state index in [-0.39, 0.29) is 0 Å². The second-order valence-corrected chi connectivity index (χ2v) is 3.91. The Morgan fingerprint density at radius 3 is 2.56 bits per heavy atom. The van der Waals surface area contributed by atoms with Gasteiger partial charge >= 0.3 is 5.97 Å². The fourth-order valence-electron chi connectivity index (χ4n) is 1.44. The van der Waals surface area contributed by atoms with Crippen LogP contribution in [-0.4, -0.2) is 30.2 Å². The molecule has 0 bridgehead atoms. The van der Waals surface area contributed by atoms with E-state index in [1.807, 2.05) is 18.2 Å². The Bertz CT molecular complexity index is 327. The summed E-state index contributed by atoms with van der Waals surface area (Å²) >= 11 is 0. The average molecular weight is 222 g/mol. The third-order valence-electron chi connectivity index (χ3n) is 2.50. The van der Waals surface area contributed by atoms with Crippen LogP contribution in [-0.2, 0) is 4.79 Å². The van der Waals surface area contributed by atoms with Gasteiger partial charge in [-0.15, -0.1) is 0 Å². The Labute approximate surface area is 95.5 Å². The molecule has 0 aliphatic carbocycles. The van der Waals surface area contributed by atoms with Crippen LogP contribution < -0.4 is 11.1 Å². The van der Waals surface area contributed by atoms with Crippen molar-refractivity contribution in [2.75, 3.05) is 13.1 Å². The molecule has 0 spiro atoms. The van der Waals surface area contributed by atoms with Crippen molar-refractivity contribution >= 4 is 5.97 Å². The molecule has 4 N–H and O–H groups in total. The topological polar surface area (TPSA) is 75.3 Å². The van der Waals surface area contributed by atoms with Crippen LogP contribution in [0.15, 0.2) is 30.3 Å². The number of rotatable bonds is 6. The van der Waals surface area contributed by atoms with Crippen LogP contribution in [0.5, 0.6) is 0 Å². The second-order valence-electron chi connectivity index (χ2n) is 3.91. The molecule has 0 aromatic heterocycles. The second kappa shape index (κ2) is 6.25. The van der Waals surface area contributed by atoms with Crippen LogP contribution in [0.4, 0.5) is 0 Å². The van der Waals surface area contributed by atoms with E-state index in [0.717, 1.165) is 6.54 Å². The highest BCUT2D eigenvalue weighted by atomic mass is 16.4. The molecular formula is C12H18N2O2. The first-order chi connectivity index (χ1) is 7.61. The molecule has 0 saturated heterocycles. The number of nitrogens with two attached hydrogens (primary N) is 1. The first-order valence-electron chi connectivity index (χ1n) is 5.35. The molecule has 0 saturated carbocycles. The molecule has 1 aromatic rings. The summed E-state index contributed by atoms with van der Waals surface area (Å²) in [5, 5.41) is 11.7. The largest absolute Gasteiger partial charge is 0.480 e. The van der Waals surface area contributed by atoms with Crippen LogP contribution in [0.1, 0.15) is 18.4 Å². The van der Waals surface area contributed by atoms with Gasteiger partial charge in [-0.2, -0.15) is 0 Å². The van der Waals surface area contributed by atoms with Gasteiger partial charge in [0.15, 0.2) is 0 Å². The molecule has 0 aliphatic rings. The minimum Gasteiger partial charge on any atom is -0.480 e. The summed E-state index contributed by atoms with van der Waals surface area (Å²) in [6.07, 6.45) is 0. The van der Waals surface area contributed by atoms with Gasteiger partial charge in [0.1, 0.15) is 6.04 Å². The Balaban J connectivity index is 2.31. The summed E-state index contributed by atoms with van der Waals surface area (Å²) in [7, 11) is 0. The summed E-state index contributed by atoms with van der Waals surface area (Å²) < 4.78 is 0. The van der Waals surface area contributed by atoms with Gasteiger partial charge < -0.3 is 16.2 Å². The molecule has 0 radical (unpaired) electrons. The van der Waals surface area contributed by atoms with Gasteiger partial charge in [-0.3, -0.25) is 4.79 Å². The first kappa shape index (κ1) is 12.7. The third-order valence-corrected chi connectivity index (χ3v) is 2.50. The third kappa shape index (κ3) is 4.00. The standard InChI is InChI=1S/C12H18N2O2/c1-9(10-5-3-2-4-6-10)7-14-8-11(13)12(15)16/h2-6,9,11,14H,7-8,13H2,1H3,(H,15,16). The van der Waals surface area contributed by atoms with Crippen LogP contribution in [0, 0.1) is 0 Å². The van der Waals surface area contributed by atoms with Crippen molar-refractivity contribution in [2.24, 2.45) is 5.73 Å². The van der Waals surface area contributed by atoms with E-state index < -0.39 is 12.0 Å². The summed E-state index contributed by atoms with van der Waals surface area (Å²) in [4.78, 5) is 10.5. The SMILES string of the molecule is CC(CNCC(N)C(=O)O)c1ccccc1. The molecule has 88 valence electrons. The lowest BCUT2D eigenvalue weighted by Crippen LogP contribution is -2.41. The summed E-state index contributed by atoms with van der Waals surface area (Å²) in [6, 6.07) is 9.25. The number of benzene rings is 1. The highest BCUT2D eigenvalue weighted by Crippen LogP contribution is 2.12. The van der Waals surface area contributed by atoms with E-state index >= 15 is 0 Å². The van der Waals surface area contributed by atoms with Gasteiger partial charge in [0.25, 0.3) is 0 Å². The predicted octanol–water partition coefficient (Wildman–Crippen LogP) is 0.792. The fraction of sp³-hybridized carbons (Fsp3) is 0.417. The molecule has 0 amide bonds. The zero-order valence-electron chi connectivity index (χ0n) is 9.39. The number of hydrogen-bond donors (Lipinski definition) is 3. The number of carboxylic acid groups (broad SMARTS) is 1. The van der Waals surface area contributed by atoms with Gasteiger partial charge in [0, 0.05) is 13.1 Å². The molecule has 0 heterocycles. The normalized spacial score (nSPS) is 14.4. The molecular weight excluding hydrogens is 204 g/mol. The maximum absolute atomic E-state index is 10.5. The lowest BCUT2D eigenvalue weighted by Gasteiger charge is -2.14. The lowest BCUT2D eigenvalue weighted by molar-refractivity contribution is -0.138. The monoisotopic (exact) mass is 222 g/mol.